The summed E-state index contributed by atoms with van der Waals surface area (Å²) in [5.74, 6) is 0.865. The van der Waals surface area contributed by atoms with Gasteiger partial charge in [0.05, 0.1) is 16.6 Å². The van der Waals surface area contributed by atoms with Gasteiger partial charge in [0.15, 0.2) is 0 Å². The number of hydrogen-bond acceptors (Lipinski definition) is 6. The number of carbonyl (C=O) groups excluding carboxylic acids is 1. The Balaban J connectivity index is 1.31. The Labute approximate surface area is 191 Å². The lowest BCUT2D eigenvalue weighted by Crippen LogP contribution is -2.37. The van der Waals surface area contributed by atoms with E-state index in [1.807, 2.05) is 35.8 Å². The Bertz CT molecular complexity index is 987. The SMILES string of the molecule is CC(c1nccs1)N1CCC(CNc2ccccc2C(=O)Nc2ccc(Cl)cn2)CC1. The highest BCUT2D eigenvalue weighted by Gasteiger charge is 2.25. The minimum atomic E-state index is -0.190. The number of nitrogens with zero attached hydrogens (tertiary/aromatic N) is 3. The molecular formula is C23H26ClN5OS. The molecule has 1 atom stereocenters. The van der Waals surface area contributed by atoms with Gasteiger partial charge in [-0.1, -0.05) is 23.7 Å². The summed E-state index contributed by atoms with van der Waals surface area (Å²) in [7, 11) is 0. The Hall–Kier alpha value is -2.48. The Kier molecular flexibility index (Phi) is 7.17. The number of anilines is 2. The molecule has 1 unspecified atom stereocenters. The summed E-state index contributed by atoms with van der Waals surface area (Å²) in [4.78, 5) is 23.9. The summed E-state index contributed by atoms with van der Waals surface area (Å²) in [6.45, 7) is 5.22. The molecule has 1 aliphatic heterocycles. The zero-order chi connectivity index (χ0) is 21.6. The second kappa shape index (κ2) is 10.2. The highest BCUT2D eigenvalue weighted by Crippen LogP contribution is 2.28. The third kappa shape index (κ3) is 5.61. The fourth-order valence-electron chi connectivity index (χ4n) is 3.86. The van der Waals surface area contributed by atoms with Gasteiger partial charge in [0.1, 0.15) is 10.8 Å². The van der Waals surface area contributed by atoms with E-state index in [1.165, 1.54) is 11.2 Å². The van der Waals surface area contributed by atoms with E-state index in [-0.39, 0.29) is 5.91 Å². The van der Waals surface area contributed by atoms with Crippen molar-refractivity contribution in [3.8, 4) is 0 Å². The van der Waals surface area contributed by atoms with Crippen molar-refractivity contribution in [1.29, 1.82) is 0 Å². The highest BCUT2D eigenvalue weighted by atomic mass is 35.5. The smallest absolute Gasteiger partial charge is 0.258 e. The normalized spacial score (nSPS) is 16.1. The fraction of sp³-hybridized carbons (Fsp3) is 0.348. The lowest BCUT2D eigenvalue weighted by Gasteiger charge is -2.35. The Morgan fingerprint density at radius 2 is 2.03 bits per heavy atom. The van der Waals surface area contributed by atoms with Gasteiger partial charge in [-0.25, -0.2) is 9.97 Å². The molecule has 6 nitrogen and oxygen atoms in total. The van der Waals surface area contributed by atoms with Gasteiger partial charge in [-0.05, 0) is 63.0 Å². The van der Waals surface area contributed by atoms with Crippen molar-refractivity contribution >= 4 is 40.4 Å². The summed E-state index contributed by atoms with van der Waals surface area (Å²) >= 11 is 7.59. The first-order valence-electron chi connectivity index (χ1n) is 10.5. The van der Waals surface area contributed by atoms with E-state index in [2.05, 4.69) is 32.4 Å². The van der Waals surface area contributed by atoms with Crippen molar-refractivity contribution in [3.05, 3.63) is 69.8 Å². The van der Waals surface area contributed by atoms with Gasteiger partial charge in [-0.2, -0.15) is 0 Å². The first kappa shape index (κ1) is 21.7. The second-order valence-electron chi connectivity index (χ2n) is 7.77. The van der Waals surface area contributed by atoms with Crippen LogP contribution in [0, 0.1) is 5.92 Å². The molecule has 162 valence electrons. The molecule has 2 N–H and O–H groups in total. The molecule has 0 saturated carbocycles. The number of thiazole rings is 1. The zero-order valence-electron chi connectivity index (χ0n) is 17.4. The number of hydrogen-bond donors (Lipinski definition) is 2. The van der Waals surface area contributed by atoms with Gasteiger partial charge in [0, 0.05) is 30.0 Å². The molecule has 4 rings (SSSR count). The van der Waals surface area contributed by atoms with Gasteiger partial charge in [-0.3, -0.25) is 9.69 Å². The van der Waals surface area contributed by atoms with Crippen molar-refractivity contribution < 1.29 is 4.79 Å². The average molecular weight is 456 g/mol. The van der Waals surface area contributed by atoms with Crippen LogP contribution in [0.2, 0.25) is 5.02 Å². The third-order valence-electron chi connectivity index (χ3n) is 5.73. The molecule has 2 aromatic heterocycles. The van der Waals surface area contributed by atoms with Gasteiger partial charge in [0.2, 0.25) is 0 Å². The first-order valence-corrected chi connectivity index (χ1v) is 11.7. The molecule has 31 heavy (non-hydrogen) atoms. The number of halogens is 1. The number of rotatable bonds is 7. The second-order valence-corrected chi connectivity index (χ2v) is 9.13. The standard InChI is InChI=1S/C23H26ClN5OS/c1-16(23-25-10-13-31-23)29-11-8-17(9-12-29)14-26-20-5-3-2-4-19(20)22(30)28-21-7-6-18(24)15-27-21/h2-7,10,13,15-17,26H,8-9,11-12,14H2,1H3,(H,27,28,30). The van der Waals surface area contributed by atoms with Gasteiger partial charge >= 0.3 is 0 Å². The van der Waals surface area contributed by atoms with Gasteiger partial charge in [-0.15, -0.1) is 11.3 Å². The topological polar surface area (TPSA) is 70.2 Å². The van der Waals surface area contributed by atoms with Crippen molar-refractivity contribution in [2.75, 3.05) is 30.3 Å². The van der Waals surface area contributed by atoms with E-state index >= 15 is 0 Å². The predicted molar refractivity (Wildman–Crippen MR) is 127 cm³/mol. The van der Waals surface area contributed by atoms with Gasteiger partial charge < -0.3 is 10.6 Å². The Morgan fingerprint density at radius 3 is 2.74 bits per heavy atom. The summed E-state index contributed by atoms with van der Waals surface area (Å²) in [5, 5.41) is 10.1. The molecule has 8 heteroatoms. The quantitative estimate of drug-likeness (QED) is 0.504. The van der Waals surface area contributed by atoms with E-state index in [4.69, 9.17) is 11.6 Å². The molecule has 1 aromatic carbocycles. The van der Waals surface area contributed by atoms with Crippen LogP contribution in [-0.4, -0.2) is 40.4 Å². The van der Waals surface area contributed by atoms with Crippen LogP contribution in [0.4, 0.5) is 11.5 Å². The van der Waals surface area contributed by atoms with Crippen LogP contribution in [0.5, 0.6) is 0 Å². The van der Waals surface area contributed by atoms with Crippen molar-refractivity contribution in [3.63, 3.8) is 0 Å². The van der Waals surface area contributed by atoms with Crippen molar-refractivity contribution in [2.24, 2.45) is 5.92 Å². The molecule has 0 spiro atoms. The Morgan fingerprint density at radius 1 is 1.23 bits per heavy atom. The molecule has 1 saturated heterocycles. The minimum Gasteiger partial charge on any atom is -0.384 e. The first-order chi connectivity index (χ1) is 15.1. The van der Waals surface area contributed by atoms with Crippen LogP contribution in [0.25, 0.3) is 0 Å². The minimum absolute atomic E-state index is 0.190. The number of aromatic nitrogens is 2. The maximum atomic E-state index is 12.8. The summed E-state index contributed by atoms with van der Waals surface area (Å²) < 4.78 is 0. The van der Waals surface area contributed by atoms with Crippen LogP contribution in [0.3, 0.4) is 0 Å². The molecule has 3 aromatic rings. The third-order valence-corrected chi connectivity index (χ3v) is 6.90. The van der Waals surface area contributed by atoms with E-state index in [1.54, 1.807) is 23.5 Å². The average Bonchev–Trinajstić information content (AvgIpc) is 3.34. The number of benzene rings is 1. The van der Waals surface area contributed by atoms with Crippen LogP contribution < -0.4 is 10.6 Å². The lowest BCUT2D eigenvalue weighted by atomic mass is 9.95. The molecule has 1 amide bonds. The number of pyridine rings is 1. The van der Waals surface area contributed by atoms with E-state index in [0.717, 1.165) is 38.2 Å². The molecule has 1 aliphatic rings. The number of likely N-dealkylation sites (tertiary alicyclic amines) is 1. The molecule has 0 aliphatic carbocycles. The molecular weight excluding hydrogens is 430 g/mol. The van der Waals surface area contributed by atoms with Crippen LogP contribution in [0.15, 0.2) is 54.2 Å². The number of para-hydroxylation sites is 1. The van der Waals surface area contributed by atoms with Crippen LogP contribution >= 0.6 is 22.9 Å². The van der Waals surface area contributed by atoms with Crippen LogP contribution in [0.1, 0.15) is 41.2 Å². The molecule has 1 fully saturated rings. The lowest BCUT2D eigenvalue weighted by molar-refractivity contribution is 0.102. The van der Waals surface area contributed by atoms with E-state index < -0.39 is 0 Å². The maximum Gasteiger partial charge on any atom is 0.258 e. The predicted octanol–water partition coefficient (Wildman–Crippen LogP) is 5.33. The van der Waals surface area contributed by atoms with Crippen molar-refractivity contribution in [2.45, 2.75) is 25.8 Å². The monoisotopic (exact) mass is 455 g/mol. The van der Waals surface area contributed by atoms with Crippen LogP contribution in [-0.2, 0) is 0 Å². The van der Waals surface area contributed by atoms with Gasteiger partial charge in [0.25, 0.3) is 5.91 Å². The number of amides is 1. The molecule has 0 radical (unpaired) electrons. The number of piperidine rings is 1. The summed E-state index contributed by atoms with van der Waals surface area (Å²) in [6.07, 6.45) is 5.66. The number of carbonyl (C=O) groups is 1. The molecule has 3 heterocycles. The fourth-order valence-corrected chi connectivity index (χ4v) is 4.70. The summed E-state index contributed by atoms with van der Waals surface area (Å²) in [6, 6.07) is 11.4. The largest absolute Gasteiger partial charge is 0.384 e. The maximum absolute atomic E-state index is 12.8. The highest BCUT2D eigenvalue weighted by molar-refractivity contribution is 7.09. The molecule has 0 bridgehead atoms. The van der Waals surface area contributed by atoms with Crippen molar-refractivity contribution in [1.82, 2.24) is 14.9 Å². The number of nitrogens with one attached hydrogen (secondary N) is 2. The van der Waals surface area contributed by atoms with E-state index in [0.29, 0.717) is 28.4 Å². The zero-order valence-corrected chi connectivity index (χ0v) is 19.0. The summed E-state index contributed by atoms with van der Waals surface area (Å²) in [5.41, 5.74) is 1.45. The van der Waals surface area contributed by atoms with E-state index in [9.17, 15) is 4.79 Å².